The minimum atomic E-state index is -0.526. The van der Waals surface area contributed by atoms with E-state index in [4.69, 9.17) is 4.74 Å². The first-order valence-electron chi connectivity index (χ1n) is 9.87. The average Bonchev–Trinajstić information content (AvgIpc) is 2.48. The molecule has 0 spiro atoms. The number of hydrogen-bond donors (Lipinski definition) is 3. The number of rotatable bonds is 7. The Morgan fingerprint density at radius 1 is 1.10 bits per heavy atom. The van der Waals surface area contributed by atoms with E-state index < -0.39 is 11.7 Å². The Bertz CT molecular complexity index is 539. The van der Waals surface area contributed by atoms with Crippen LogP contribution in [0.2, 0.25) is 0 Å². The molecule has 0 rings (SSSR count). The van der Waals surface area contributed by atoms with Crippen LogP contribution in [0, 0.1) is 5.92 Å². The number of hydrogen-bond acceptors (Lipinski definition) is 4. The SMILES string of the molecule is CN=C(NCC(=O)NC(C)(C)C)N(C)CCC(NC(=O)OC(C)(C)C)C(C)C.I. The number of carbonyl (C=O) groups is 2. The molecule has 2 amide bonds. The lowest BCUT2D eigenvalue weighted by Crippen LogP contribution is -2.49. The van der Waals surface area contributed by atoms with Crippen molar-refractivity contribution in [1.82, 2.24) is 20.9 Å². The van der Waals surface area contributed by atoms with E-state index in [1.165, 1.54) is 0 Å². The van der Waals surface area contributed by atoms with E-state index in [-0.39, 0.29) is 53.9 Å². The fourth-order valence-electron chi connectivity index (χ4n) is 2.48. The highest BCUT2D eigenvalue weighted by Gasteiger charge is 2.22. The summed E-state index contributed by atoms with van der Waals surface area (Å²) in [4.78, 5) is 30.2. The van der Waals surface area contributed by atoms with E-state index in [1.807, 2.05) is 53.5 Å². The van der Waals surface area contributed by atoms with Crippen LogP contribution in [0.15, 0.2) is 4.99 Å². The lowest BCUT2D eigenvalue weighted by molar-refractivity contribution is -0.121. The van der Waals surface area contributed by atoms with Gasteiger partial charge in [0.2, 0.25) is 5.91 Å². The van der Waals surface area contributed by atoms with Gasteiger partial charge in [-0.05, 0) is 53.9 Å². The molecule has 0 saturated carbocycles. The lowest BCUT2D eigenvalue weighted by Gasteiger charge is -2.28. The van der Waals surface area contributed by atoms with E-state index in [1.54, 1.807) is 7.05 Å². The summed E-state index contributed by atoms with van der Waals surface area (Å²) in [5, 5.41) is 8.92. The first-order valence-corrected chi connectivity index (χ1v) is 9.87. The number of amides is 2. The van der Waals surface area contributed by atoms with Crippen molar-refractivity contribution in [2.75, 3.05) is 27.2 Å². The minimum absolute atomic E-state index is 0. The number of ether oxygens (including phenoxy) is 1. The Kier molecular flexibility index (Phi) is 13.5. The summed E-state index contributed by atoms with van der Waals surface area (Å²) in [6.07, 6.45) is 0.317. The molecule has 1 unspecified atom stereocenters. The average molecular weight is 527 g/mol. The standard InChI is InChI=1S/C20H41N5O3.HI/c1-14(2)15(23-18(27)28-20(6,7)8)11-12-25(10)17(21-9)22-13-16(26)24-19(3,4)5;/h14-15H,11-13H2,1-10H3,(H,21,22)(H,23,27)(H,24,26);1H. The lowest BCUT2D eigenvalue weighted by atomic mass is 10.0. The van der Waals surface area contributed by atoms with Gasteiger partial charge >= 0.3 is 6.09 Å². The molecule has 0 radical (unpaired) electrons. The summed E-state index contributed by atoms with van der Waals surface area (Å²) in [6.45, 7) is 16.3. The van der Waals surface area contributed by atoms with Crippen LogP contribution in [0.1, 0.15) is 61.8 Å². The summed E-state index contributed by atoms with van der Waals surface area (Å²) in [5.41, 5.74) is -0.798. The smallest absolute Gasteiger partial charge is 0.407 e. The Hall–Kier alpha value is -1.26. The molecular formula is C20H42IN5O3. The molecule has 1 atom stereocenters. The summed E-state index contributed by atoms with van der Waals surface area (Å²) in [6, 6.07) is -0.0282. The third-order valence-electron chi connectivity index (χ3n) is 3.78. The molecule has 0 heterocycles. The summed E-state index contributed by atoms with van der Waals surface area (Å²) < 4.78 is 5.35. The molecule has 172 valence electrons. The van der Waals surface area contributed by atoms with Gasteiger partial charge in [-0.1, -0.05) is 13.8 Å². The Balaban J connectivity index is 0. The van der Waals surface area contributed by atoms with Crippen molar-refractivity contribution in [1.29, 1.82) is 0 Å². The van der Waals surface area contributed by atoms with Gasteiger partial charge in [0.1, 0.15) is 5.60 Å². The Morgan fingerprint density at radius 3 is 2.07 bits per heavy atom. The molecule has 3 N–H and O–H groups in total. The van der Waals surface area contributed by atoms with Gasteiger partial charge in [-0.2, -0.15) is 0 Å². The molecule has 0 aromatic rings. The summed E-state index contributed by atoms with van der Waals surface area (Å²) in [7, 11) is 3.58. The molecule has 9 heteroatoms. The Labute approximate surface area is 194 Å². The molecule has 0 bridgehead atoms. The number of alkyl carbamates (subject to hydrolysis) is 1. The quantitative estimate of drug-likeness (QED) is 0.269. The molecule has 0 aromatic heterocycles. The highest BCUT2D eigenvalue weighted by molar-refractivity contribution is 14.0. The monoisotopic (exact) mass is 527 g/mol. The van der Waals surface area contributed by atoms with E-state index in [9.17, 15) is 9.59 Å². The Morgan fingerprint density at radius 2 is 1.66 bits per heavy atom. The van der Waals surface area contributed by atoms with E-state index in [0.29, 0.717) is 12.5 Å². The van der Waals surface area contributed by atoms with Crippen LogP contribution in [0.3, 0.4) is 0 Å². The fourth-order valence-corrected chi connectivity index (χ4v) is 2.48. The largest absolute Gasteiger partial charge is 0.444 e. The highest BCUT2D eigenvalue weighted by Crippen LogP contribution is 2.11. The second-order valence-electron chi connectivity index (χ2n) is 9.41. The molecule has 29 heavy (non-hydrogen) atoms. The van der Waals surface area contributed by atoms with Crippen LogP contribution >= 0.6 is 24.0 Å². The van der Waals surface area contributed by atoms with Crippen molar-refractivity contribution in [3.05, 3.63) is 0 Å². The van der Waals surface area contributed by atoms with Gasteiger partial charge in [0.15, 0.2) is 5.96 Å². The van der Waals surface area contributed by atoms with Crippen molar-refractivity contribution < 1.29 is 14.3 Å². The van der Waals surface area contributed by atoms with Crippen molar-refractivity contribution in [3.8, 4) is 0 Å². The first kappa shape index (κ1) is 29.9. The third-order valence-corrected chi connectivity index (χ3v) is 3.78. The van der Waals surface area contributed by atoms with Crippen molar-refractivity contribution in [2.24, 2.45) is 10.9 Å². The third kappa shape index (κ3) is 15.3. The maximum Gasteiger partial charge on any atom is 0.407 e. The maximum absolute atomic E-state index is 12.1. The van der Waals surface area contributed by atoms with Gasteiger partial charge < -0.3 is 25.6 Å². The summed E-state index contributed by atoms with van der Waals surface area (Å²) in [5.74, 6) is 0.797. The zero-order chi connectivity index (χ0) is 22.1. The predicted octanol–water partition coefficient (Wildman–Crippen LogP) is 2.97. The van der Waals surface area contributed by atoms with Crippen LogP contribution in [-0.2, 0) is 9.53 Å². The van der Waals surface area contributed by atoms with Gasteiger partial charge in [0.05, 0.1) is 6.54 Å². The number of nitrogens with zero attached hydrogens (tertiary/aromatic N) is 2. The number of nitrogens with one attached hydrogen (secondary N) is 3. The van der Waals surface area contributed by atoms with E-state index in [2.05, 4.69) is 34.8 Å². The predicted molar refractivity (Wildman–Crippen MR) is 130 cm³/mol. The number of carbonyl (C=O) groups excluding carboxylic acids is 2. The second-order valence-corrected chi connectivity index (χ2v) is 9.41. The normalized spacial score (nSPS) is 13.3. The number of guanidine groups is 1. The van der Waals surface area contributed by atoms with Gasteiger partial charge in [-0.15, -0.1) is 24.0 Å². The topological polar surface area (TPSA) is 95.1 Å². The van der Waals surface area contributed by atoms with Crippen LogP contribution in [0.25, 0.3) is 0 Å². The molecular weight excluding hydrogens is 485 g/mol. The molecule has 0 aromatic carbocycles. The van der Waals surface area contributed by atoms with Gasteiger partial charge in [0.25, 0.3) is 0 Å². The van der Waals surface area contributed by atoms with Gasteiger partial charge in [-0.3, -0.25) is 9.79 Å². The zero-order valence-corrected chi connectivity index (χ0v) is 22.1. The van der Waals surface area contributed by atoms with Crippen LogP contribution in [0.4, 0.5) is 4.79 Å². The number of aliphatic imine (C=N–C) groups is 1. The fraction of sp³-hybridized carbons (Fsp3) is 0.850. The van der Waals surface area contributed by atoms with Gasteiger partial charge in [-0.25, -0.2) is 4.79 Å². The molecule has 0 aliphatic carbocycles. The molecule has 0 saturated heterocycles. The second kappa shape index (κ2) is 13.1. The summed E-state index contributed by atoms with van der Waals surface area (Å²) >= 11 is 0. The molecule has 0 aliphatic heterocycles. The molecule has 0 fully saturated rings. The molecule has 0 aliphatic rings. The van der Waals surface area contributed by atoms with Crippen LogP contribution in [0.5, 0.6) is 0 Å². The highest BCUT2D eigenvalue weighted by atomic mass is 127. The first-order chi connectivity index (χ1) is 12.6. The minimum Gasteiger partial charge on any atom is -0.444 e. The van der Waals surface area contributed by atoms with Crippen molar-refractivity contribution in [3.63, 3.8) is 0 Å². The van der Waals surface area contributed by atoms with E-state index in [0.717, 1.165) is 6.42 Å². The zero-order valence-electron chi connectivity index (χ0n) is 19.8. The molecule has 8 nitrogen and oxygen atoms in total. The van der Waals surface area contributed by atoms with Gasteiger partial charge in [0, 0.05) is 32.2 Å². The van der Waals surface area contributed by atoms with Crippen LogP contribution < -0.4 is 16.0 Å². The van der Waals surface area contributed by atoms with Crippen molar-refractivity contribution in [2.45, 2.75) is 79.0 Å². The van der Waals surface area contributed by atoms with E-state index >= 15 is 0 Å². The maximum atomic E-state index is 12.1. The van der Waals surface area contributed by atoms with Crippen LogP contribution in [-0.4, -0.2) is 67.2 Å². The van der Waals surface area contributed by atoms with Crippen molar-refractivity contribution >= 4 is 41.9 Å². The number of halogens is 1.